The number of aromatic nitrogens is 1. The fraction of sp³-hybridized carbons (Fsp3) is 0.333. The van der Waals surface area contributed by atoms with Gasteiger partial charge >= 0.3 is 73.2 Å². The van der Waals surface area contributed by atoms with Gasteiger partial charge in [0.05, 0.1) is 0 Å². The van der Waals surface area contributed by atoms with E-state index in [0.29, 0.717) is 0 Å². The number of hydrogen-bond donors (Lipinski definition) is 0. The van der Waals surface area contributed by atoms with Crippen molar-refractivity contribution in [1.29, 1.82) is 0 Å². The standard InChI is InChI=1S/C6H8N2S.V/c1-3-8(2)6-4-7-5-9-6;/h4-5H,1-2H3;. The molecule has 0 amide bonds. The van der Waals surface area contributed by atoms with Crippen LogP contribution in [0.25, 0.3) is 0 Å². The van der Waals surface area contributed by atoms with E-state index in [1.54, 1.807) is 11.3 Å². The Balaban J connectivity index is 2.77. The molecule has 10 heavy (non-hydrogen) atoms. The maximum absolute atomic E-state index is 3.98. The van der Waals surface area contributed by atoms with E-state index in [9.17, 15) is 0 Å². The van der Waals surface area contributed by atoms with E-state index < -0.39 is 0 Å². The molecule has 0 N–H and O–H groups in total. The zero-order chi connectivity index (χ0) is 7.56. The number of hydrogen-bond acceptors (Lipinski definition) is 3. The van der Waals surface area contributed by atoms with Crippen molar-refractivity contribution in [3.8, 4) is 0 Å². The van der Waals surface area contributed by atoms with Gasteiger partial charge in [-0.1, -0.05) is 0 Å². The first-order valence-electron chi connectivity index (χ1n) is 2.86. The summed E-state index contributed by atoms with van der Waals surface area (Å²) in [5.74, 6) is 0. The van der Waals surface area contributed by atoms with E-state index in [1.165, 1.54) is 9.35 Å². The first-order valence-corrected chi connectivity index (χ1v) is 4.44. The van der Waals surface area contributed by atoms with Gasteiger partial charge in [0, 0.05) is 0 Å². The van der Waals surface area contributed by atoms with Crippen LogP contribution in [-0.4, -0.2) is 16.4 Å². The fourth-order valence-electron chi connectivity index (χ4n) is 0.534. The molecule has 0 bridgehead atoms. The topological polar surface area (TPSA) is 16.1 Å². The third-order valence-electron chi connectivity index (χ3n) is 1.24. The Morgan fingerprint density at radius 2 is 2.50 bits per heavy atom. The summed E-state index contributed by atoms with van der Waals surface area (Å²) in [6, 6.07) is 0. The zero-order valence-electron chi connectivity index (χ0n) is 5.90. The first-order chi connectivity index (χ1) is 4.72. The molecule has 0 aliphatic carbocycles. The van der Waals surface area contributed by atoms with Gasteiger partial charge < -0.3 is 0 Å². The van der Waals surface area contributed by atoms with E-state index in [1.807, 2.05) is 18.8 Å². The Morgan fingerprint density at radius 3 is 2.90 bits per heavy atom. The van der Waals surface area contributed by atoms with Crippen LogP contribution in [0.3, 0.4) is 0 Å². The molecule has 0 atom stereocenters. The molecule has 4 heteroatoms. The van der Waals surface area contributed by atoms with Crippen LogP contribution in [0.2, 0.25) is 0 Å². The Kier molecular flexibility index (Phi) is 2.66. The molecular weight excluding hydrogens is 183 g/mol. The monoisotopic (exact) mass is 191 g/mol. The summed E-state index contributed by atoms with van der Waals surface area (Å²) in [6.07, 6.45) is 1.86. The molecule has 1 aromatic heterocycles. The second kappa shape index (κ2) is 3.33. The van der Waals surface area contributed by atoms with E-state index in [0.717, 1.165) is 0 Å². The molecule has 0 aliphatic rings. The van der Waals surface area contributed by atoms with Crippen LogP contribution in [-0.2, 0) is 17.0 Å². The van der Waals surface area contributed by atoms with Gasteiger partial charge in [0.1, 0.15) is 0 Å². The number of anilines is 1. The Hall–Kier alpha value is -0.116. The maximum atomic E-state index is 3.98. The first kappa shape index (κ1) is 7.99. The Labute approximate surface area is 73.4 Å². The van der Waals surface area contributed by atoms with E-state index in [-0.39, 0.29) is 0 Å². The van der Waals surface area contributed by atoms with Crippen molar-refractivity contribution in [3.63, 3.8) is 0 Å². The zero-order valence-corrected chi connectivity index (χ0v) is 8.12. The molecule has 2 nitrogen and oxygen atoms in total. The van der Waals surface area contributed by atoms with E-state index >= 15 is 0 Å². The third-order valence-corrected chi connectivity index (χ3v) is 2.55. The van der Waals surface area contributed by atoms with Crippen LogP contribution in [0.5, 0.6) is 0 Å². The average molecular weight is 191 g/mol. The number of nitrogens with zero attached hydrogens (tertiary/aromatic N) is 2. The van der Waals surface area contributed by atoms with Crippen molar-refractivity contribution < 1.29 is 17.0 Å². The van der Waals surface area contributed by atoms with E-state index in [4.69, 9.17) is 0 Å². The van der Waals surface area contributed by atoms with Gasteiger partial charge in [0.2, 0.25) is 0 Å². The van der Waals surface area contributed by atoms with Gasteiger partial charge in [-0.25, -0.2) is 0 Å². The van der Waals surface area contributed by atoms with Gasteiger partial charge in [-0.15, -0.1) is 0 Å². The van der Waals surface area contributed by atoms with Crippen LogP contribution in [0.1, 0.15) is 6.92 Å². The molecule has 0 saturated carbocycles. The average Bonchev–Trinajstić information content (AvgIpc) is 2.36. The van der Waals surface area contributed by atoms with Crippen LogP contribution < -0.4 is 4.90 Å². The predicted molar refractivity (Wildman–Crippen MR) is 41.2 cm³/mol. The predicted octanol–water partition coefficient (Wildman–Crippen LogP) is 1.28. The minimum atomic E-state index is 1.18. The van der Waals surface area contributed by atoms with Crippen molar-refractivity contribution in [2.24, 2.45) is 0 Å². The van der Waals surface area contributed by atoms with Gasteiger partial charge in [0.15, 0.2) is 0 Å². The van der Waals surface area contributed by atoms with Crippen molar-refractivity contribution >= 4 is 20.7 Å². The normalized spacial score (nSPS) is 9.30. The Bertz CT molecular complexity index is 220. The van der Waals surface area contributed by atoms with Crippen LogP contribution in [0.15, 0.2) is 11.7 Å². The second-order valence-electron chi connectivity index (χ2n) is 1.95. The molecule has 1 heterocycles. The SMILES string of the molecule is C[C](=[V])N(C)c1cncs1. The summed E-state index contributed by atoms with van der Waals surface area (Å²) in [5.41, 5.74) is 1.84. The number of rotatable bonds is 2. The molecule has 53 valence electrons. The van der Waals surface area contributed by atoms with Gasteiger partial charge in [0.25, 0.3) is 0 Å². The van der Waals surface area contributed by atoms with Crippen LogP contribution in [0.4, 0.5) is 5.00 Å². The minimum absolute atomic E-state index is 1.18. The number of thiazole rings is 1. The van der Waals surface area contributed by atoms with Crippen molar-refractivity contribution in [1.82, 2.24) is 4.98 Å². The molecule has 1 rings (SSSR count). The van der Waals surface area contributed by atoms with Crippen molar-refractivity contribution in [2.75, 3.05) is 11.9 Å². The third kappa shape index (κ3) is 1.69. The molecule has 0 spiro atoms. The summed E-state index contributed by atoms with van der Waals surface area (Å²) in [7, 11) is 2.03. The summed E-state index contributed by atoms with van der Waals surface area (Å²) >= 11 is 4.16. The fourth-order valence-corrected chi connectivity index (χ4v) is 1.46. The van der Waals surface area contributed by atoms with Crippen LogP contribution in [0, 0.1) is 0 Å². The molecule has 0 aliphatic heterocycles. The summed E-state index contributed by atoms with van der Waals surface area (Å²) in [4.78, 5) is 6.08. The molecule has 1 aromatic rings. The molecule has 0 saturated heterocycles. The van der Waals surface area contributed by atoms with Crippen molar-refractivity contribution in [3.05, 3.63) is 11.7 Å². The molecule has 0 aromatic carbocycles. The van der Waals surface area contributed by atoms with E-state index in [2.05, 4.69) is 33.8 Å². The second-order valence-corrected chi connectivity index (χ2v) is 3.82. The van der Waals surface area contributed by atoms with Crippen molar-refractivity contribution in [2.45, 2.75) is 6.92 Å². The summed E-state index contributed by atoms with van der Waals surface area (Å²) in [5, 5.41) is 1.18. The molecule has 0 radical (unpaired) electrons. The quantitative estimate of drug-likeness (QED) is 0.699. The molecule has 0 fully saturated rings. The van der Waals surface area contributed by atoms with Gasteiger partial charge in [-0.3, -0.25) is 0 Å². The summed E-state index contributed by atoms with van der Waals surface area (Å²) in [6.45, 7) is 2.06. The Morgan fingerprint density at radius 1 is 1.80 bits per heavy atom. The van der Waals surface area contributed by atoms with Gasteiger partial charge in [-0.05, 0) is 0 Å². The molecule has 0 unspecified atom stereocenters. The van der Waals surface area contributed by atoms with Crippen LogP contribution >= 0.6 is 11.3 Å². The van der Waals surface area contributed by atoms with Gasteiger partial charge in [-0.2, -0.15) is 0 Å². The summed E-state index contributed by atoms with van der Waals surface area (Å²) < 4.78 is 1.22. The molecular formula is C6H8N2SV.